The number of aromatic nitrogens is 2. The maximum absolute atomic E-state index is 12.6. The molecule has 0 bridgehead atoms. The molecule has 1 atom stereocenters. The van der Waals surface area contributed by atoms with E-state index in [1.54, 1.807) is 61.0 Å². The Balaban J connectivity index is 1.72. The number of hydrogen-bond acceptors (Lipinski definition) is 7. The van der Waals surface area contributed by atoms with Gasteiger partial charge in [-0.2, -0.15) is 10.2 Å². The van der Waals surface area contributed by atoms with Crippen LogP contribution in [0.15, 0.2) is 42.5 Å². The van der Waals surface area contributed by atoms with Gasteiger partial charge in [-0.25, -0.2) is 0 Å². The first-order chi connectivity index (χ1) is 14.8. The van der Waals surface area contributed by atoms with Crippen molar-refractivity contribution in [1.82, 2.24) is 14.8 Å². The van der Waals surface area contributed by atoms with E-state index in [2.05, 4.69) is 10.4 Å². The normalized spacial score (nSPS) is 15.4. The number of nitrogens with zero attached hydrogens (tertiary/aromatic N) is 4. The zero-order chi connectivity index (χ0) is 22.3. The number of carbonyl (C=O) groups excluding carboxylic acids is 1. The molecule has 3 aromatic rings. The monoisotopic (exact) mass is 423 g/mol. The van der Waals surface area contributed by atoms with Crippen molar-refractivity contribution < 1.29 is 19.7 Å². The van der Waals surface area contributed by atoms with Gasteiger partial charge in [0.1, 0.15) is 17.1 Å². The minimum atomic E-state index is -0.804. The molecule has 0 spiro atoms. The Morgan fingerprint density at radius 2 is 2.00 bits per heavy atom. The molecule has 4 rings (SSSR count). The van der Waals surface area contributed by atoms with Gasteiger partial charge in [-0.05, 0) is 43.7 Å². The van der Waals surface area contributed by atoms with Gasteiger partial charge in [0.15, 0.2) is 6.17 Å². The van der Waals surface area contributed by atoms with Gasteiger partial charge >= 0.3 is 5.69 Å². The number of hydroxylamine groups is 2. The number of aryl methyl sites for hydroxylation is 1. The van der Waals surface area contributed by atoms with Gasteiger partial charge in [-0.1, -0.05) is 18.2 Å². The van der Waals surface area contributed by atoms with E-state index in [9.17, 15) is 20.1 Å². The zero-order valence-corrected chi connectivity index (χ0v) is 17.2. The van der Waals surface area contributed by atoms with Crippen LogP contribution < -0.4 is 10.1 Å². The molecule has 1 aromatic heterocycles. The second-order valence-corrected chi connectivity index (χ2v) is 7.25. The lowest BCUT2D eigenvalue weighted by Crippen LogP contribution is -2.40. The highest BCUT2D eigenvalue weighted by Gasteiger charge is 2.32. The van der Waals surface area contributed by atoms with Crippen molar-refractivity contribution in [2.45, 2.75) is 26.6 Å². The van der Waals surface area contributed by atoms with Crippen molar-refractivity contribution >= 4 is 17.3 Å². The molecule has 0 unspecified atom stereocenters. The summed E-state index contributed by atoms with van der Waals surface area (Å²) in [7, 11) is 1.53. The summed E-state index contributed by atoms with van der Waals surface area (Å²) in [6.45, 7) is 3.45. The number of hydrogen-bond donors (Lipinski definition) is 2. The molecular weight excluding hydrogens is 402 g/mol. The van der Waals surface area contributed by atoms with Crippen LogP contribution >= 0.6 is 0 Å². The van der Waals surface area contributed by atoms with E-state index in [4.69, 9.17) is 4.74 Å². The van der Waals surface area contributed by atoms with Crippen LogP contribution in [0.25, 0.3) is 0 Å². The van der Waals surface area contributed by atoms with Crippen LogP contribution in [0.4, 0.5) is 11.4 Å². The summed E-state index contributed by atoms with van der Waals surface area (Å²) in [5.74, 6) is 0.0527. The molecule has 0 saturated carbocycles. The zero-order valence-electron chi connectivity index (χ0n) is 17.2. The summed E-state index contributed by atoms with van der Waals surface area (Å²) in [6, 6.07) is 12.2. The molecule has 1 aliphatic heterocycles. The van der Waals surface area contributed by atoms with Gasteiger partial charge in [-0.3, -0.25) is 24.8 Å². The molecule has 2 heterocycles. The third-order valence-corrected chi connectivity index (χ3v) is 5.37. The van der Waals surface area contributed by atoms with Crippen LogP contribution in [0.2, 0.25) is 0 Å². The minimum absolute atomic E-state index is 0.0206. The lowest BCUT2D eigenvalue weighted by Gasteiger charge is -2.33. The Morgan fingerprint density at radius 3 is 2.68 bits per heavy atom. The summed E-state index contributed by atoms with van der Waals surface area (Å²) >= 11 is 0. The maximum Gasteiger partial charge on any atom is 0.312 e. The molecule has 1 amide bonds. The first kappa shape index (κ1) is 20.4. The number of ether oxygens (including phenoxy) is 1. The third kappa shape index (κ3) is 3.46. The highest BCUT2D eigenvalue weighted by Crippen LogP contribution is 2.34. The highest BCUT2D eigenvalue weighted by molar-refractivity contribution is 6.01. The average Bonchev–Trinajstić information content (AvgIpc) is 3.03. The van der Waals surface area contributed by atoms with E-state index >= 15 is 0 Å². The third-order valence-electron chi connectivity index (χ3n) is 5.37. The smallest absolute Gasteiger partial charge is 0.312 e. The molecule has 0 fully saturated rings. The Hall–Kier alpha value is -3.92. The van der Waals surface area contributed by atoms with Crippen molar-refractivity contribution in [3.63, 3.8) is 0 Å². The lowest BCUT2D eigenvalue weighted by atomic mass is 10.0. The van der Waals surface area contributed by atoms with Gasteiger partial charge in [0.25, 0.3) is 5.91 Å². The molecule has 1 aliphatic rings. The molecule has 10 nitrogen and oxygen atoms in total. The van der Waals surface area contributed by atoms with E-state index in [1.165, 1.54) is 7.11 Å². The fraction of sp³-hybridized carbons (Fsp3) is 0.238. The van der Waals surface area contributed by atoms with E-state index in [0.717, 1.165) is 0 Å². The number of nitrogens with one attached hydrogen (secondary N) is 1. The number of carbonyl (C=O) groups is 1. The van der Waals surface area contributed by atoms with Crippen molar-refractivity contribution in [1.29, 1.82) is 0 Å². The van der Waals surface area contributed by atoms with Crippen molar-refractivity contribution in [2.75, 3.05) is 12.4 Å². The van der Waals surface area contributed by atoms with Crippen LogP contribution in [0.5, 0.6) is 5.75 Å². The highest BCUT2D eigenvalue weighted by atomic mass is 16.6. The second-order valence-electron chi connectivity index (χ2n) is 7.25. The largest absolute Gasteiger partial charge is 0.496 e. The van der Waals surface area contributed by atoms with E-state index < -0.39 is 17.0 Å². The Labute approximate surface area is 177 Å². The van der Waals surface area contributed by atoms with Gasteiger partial charge in [0.05, 0.1) is 24.1 Å². The number of para-hydroxylation sites is 1. The number of fused-ring (bicyclic) bond motifs is 1. The topological polar surface area (TPSA) is 123 Å². The molecule has 2 aromatic carbocycles. The SMILES string of the molecule is COc1ccc([C@@H]2Nc3ccccc3C(=O)N2O)cc1Cn1nc(C)c([N+](=O)[O-])c1C. The predicted molar refractivity (Wildman–Crippen MR) is 111 cm³/mol. The van der Waals surface area contributed by atoms with Crippen molar-refractivity contribution in [3.05, 3.63) is 80.7 Å². The van der Waals surface area contributed by atoms with Gasteiger partial charge in [-0.15, -0.1) is 0 Å². The van der Waals surface area contributed by atoms with Crippen LogP contribution in [0, 0.1) is 24.0 Å². The quantitative estimate of drug-likeness (QED) is 0.366. The summed E-state index contributed by atoms with van der Waals surface area (Å²) < 4.78 is 6.99. The Bertz CT molecular complexity index is 1190. The summed E-state index contributed by atoms with van der Waals surface area (Å²) in [5.41, 5.74) is 3.06. The van der Waals surface area contributed by atoms with Crippen LogP contribution in [-0.4, -0.2) is 38.0 Å². The standard InChI is InChI=1S/C21H21N5O5/c1-12-19(26(29)30)13(2)24(23-12)11-15-10-14(8-9-18(15)31-3)20-22-17-7-5-4-6-16(17)21(27)25(20)28/h4-10,20,22,28H,11H2,1-3H3/t20-/m1/s1. The Kier molecular flexibility index (Phi) is 5.07. The van der Waals surface area contributed by atoms with Gasteiger partial charge in [0.2, 0.25) is 0 Å². The molecule has 0 radical (unpaired) electrons. The molecule has 31 heavy (non-hydrogen) atoms. The molecule has 2 N–H and O–H groups in total. The number of benzene rings is 2. The van der Waals surface area contributed by atoms with Crippen LogP contribution in [0.1, 0.15) is 39.0 Å². The number of methoxy groups -OCH3 is 1. The van der Waals surface area contributed by atoms with Gasteiger partial charge in [0, 0.05) is 11.3 Å². The fourth-order valence-electron chi connectivity index (χ4n) is 3.83. The second kappa shape index (κ2) is 7.73. The average molecular weight is 423 g/mol. The molecule has 160 valence electrons. The van der Waals surface area contributed by atoms with E-state index in [0.29, 0.717) is 44.6 Å². The molecule has 10 heteroatoms. The van der Waals surface area contributed by atoms with Gasteiger partial charge < -0.3 is 10.1 Å². The summed E-state index contributed by atoms with van der Waals surface area (Å²) in [6.07, 6.45) is -0.804. The number of amides is 1. The van der Waals surface area contributed by atoms with Crippen molar-refractivity contribution in [3.8, 4) is 5.75 Å². The summed E-state index contributed by atoms with van der Waals surface area (Å²) in [5, 5.41) is 29.9. The van der Waals surface area contributed by atoms with Crippen molar-refractivity contribution in [2.24, 2.45) is 0 Å². The number of nitro groups is 1. The number of anilines is 1. The number of rotatable bonds is 5. The van der Waals surface area contributed by atoms with E-state index in [1.807, 2.05) is 0 Å². The van der Waals surface area contributed by atoms with Crippen LogP contribution in [0.3, 0.4) is 0 Å². The molecule has 0 aliphatic carbocycles. The minimum Gasteiger partial charge on any atom is -0.496 e. The fourth-order valence-corrected chi connectivity index (χ4v) is 3.83. The van der Waals surface area contributed by atoms with E-state index in [-0.39, 0.29) is 12.2 Å². The Morgan fingerprint density at radius 1 is 1.26 bits per heavy atom. The molecule has 0 saturated heterocycles. The maximum atomic E-state index is 12.6. The predicted octanol–water partition coefficient (Wildman–Crippen LogP) is 3.42. The molecular formula is C21H21N5O5. The lowest BCUT2D eigenvalue weighted by molar-refractivity contribution is -0.386. The van der Waals surface area contributed by atoms with Crippen LogP contribution in [-0.2, 0) is 6.54 Å². The summed E-state index contributed by atoms with van der Waals surface area (Å²) in [4.78, 5) is 23.5. The first-order valence-electron chi connectivity index (χ1n) is 9.55. The first-order valence-corrected chi connectivity index (χ1v) is 9.55.